The lowest BCUT2D eigenvalue weighted by molar-refractivity contribution is -0.167. The Kier molecular flexibility index (Phi) is 44.7. The summed E-state index contributed by atoms with van der Waals surface area (Å²) in [5.41, 5.74) is 0. The average Bonchev–Trinajstić information content (AvgIpc) is 3.20. The van der Waals surface area contributed by atoms with Gasteiger partial charge in [0.15, 0.2) is 6.10 Å². The van der Waals surface area contributed by atoms with Crippen LogP contribution in [0.25, 0.3) is 0 Å². The van der Waals surface area contributed by atoms with E-state index in [1.54, 1.807) is 0 Å². The number of ether oxygens (including phenoxy) is 3. The van der Waals surface area contributed by atoms with E-state index in [0.29, 0.717) is 19.3 Å². The van der Waals surface area contributed by atoms with Gasteiger partial charge in [-0.15, -0.1) is 0 Å². The van der Waals surface area contributed by atoms with Crippen LogP contribution in [0.5, 0.6) is 0 Å². The number of unbranched alkanes of at least 4 members (excludes halogenated alkanes) is 32. The molecule has 0 unspecified atom stereocenters. The summed E-state index contributed by atoms with van der Waals surface area (Å²) in [6.07, 6.45) is 46.7. The Hall–Kier alpha value is -1.59. The first-order valence-corrected chi connectivity index (χ1v) is 26.2. The van der Waals surface area contributed by atoms with Crippen LogP contribution in [0.1, 0.15) is 291 Å². The van der Waals surface area contributed by atoms with E-state index in [1.165, 1.54) is 180 Å². The van der Waals surface area contributed by atoms with E-state index in [2.05, 4.69) is 34.6 Å². The Morgan fingerprint density at radius 2 is 0.559 bits per heavy atom. The predicted octanol–water partition coefficient (Wildman–Crippen LogP) is 16.9. The Bertz CT molecular complexity index is 900. The molecule has 59 heavy (non-hydrogen) atoms. The molecule has 0 fully saturated rings. The molecule has 0 rings (SSSR count). The standard InChI is InChI=1S/C53H102O6/c1-6-7-8-9-10-11-12-13-14-15-16-17-18-19-22-28-33-38-43-51(54)57-46-50(59-53(56)45-40-35-30-25-24-27-32-37-42-49(4)5)47-58-52(55)44-39-34-29-23-20-21-26-31-36-41-48(2)3/h48-50H,6-47H2,1-5H3/t50-/m0/s1. The zero-order valence-electron chi connectivity index (χ0n) is 40.4. The minimum Gasteiger partial charge on any atom is -0.462 e. The molecule has 0 aromatic heterocycles. The summed E-state index contributed by atoms with van der Waals surface area (Å²) < 4.78 is 16.8. The SMILES string of the molecule is CCCCCCCCCCCCCCCCCCCCC(=O)OC[C@@H](COC(=O)CCCCCCCCCCCC(C)C)OC(=O)CCCCCCCCCCC(C)C. The first kappa shape index (κ1) is 57.4. The molecule has 1 atom stereocenters. The highest BCUT2D eigenvalue weighted by atomic mass is 16.6. The van der Waals surface area contributed by atoms with E-state index in [-0.39, 0.29) is 31.1 Å². The van der Waals surface area contributed by atoms with Crippen LogP contribution in [-0.4, -0.2) is 37.2 Å². The number of hydrogen-bond acceptors (Lipinski definition) is 6. The smallest absolute Gasteiger partial charge is 0.306 e. The van der Waals surface area contributed by atoms with Crippen LogP contribution in [0.4, 0.5) is 0 Å². The van der Waals surface area contributed by atoms with Crippen LogP contribution in [0.3, 0.4) is 0 Å². The van der Waals surface area contributed by atoms with Crippen molar-refractivity contribution in [3.63, 3.8) is 0 Å². The van der Waals surface area contributed by atoms with Gasteiger partial charge in [0.2, 0.25) is 0 Å². The summed E-state index contributed by atoms with van der Waals surface area (Å²) >= 11 is 0. The van der Waals surface area contributed by atoms with Gasteiger partial charge in [0.1, 0.15) is 13.2 Å². The van der Waals surface area contributed by atoms with Crippen molar-refractivity contribution in [2.45, 2.75) is 298 Å². The van der Waals surface area contributed by atoms with Crippen molar-refractivity contribution in [3.05, 3.63) is 0 Å². The molecule has 0 aliphatic carbocycles. The van der Waals surface area contributed by atoms with Gasteiger partial charge in [-0.25, -0.2) is 0 Å². The molecule has 0 saturated heterocycles. The van der Waals surface area contributed by atoms with E-state index in [9.17, 15) is 14.4 Å². The second kappa shape index (κ2) is 45.9. The molecule has 0 spiro atoms. The molecular formula is C53H102O6. The summed E-state index contributed by atoms with van der Waals surface area (Å²) in [7, 11) is 0. The Morgan fingerprint density at radius 3 is 0.831 bits per heavy atom. The van der Waals surface area contributed by atoms with Crippen LogP contribution >= 0.6 is 0 Å². The van der Waals surface area contributed by atoms with E-state index in [4.69, 9.17) is 14.2 Å². The molecule has 0 N–H and O–H groups in total. The fourth-order valence-corrected chi connectivity index (χ4v) is 7.99. The predicted molar refractivity (Wildman–Crippen MR) is 252 cm³/mol. The first-order valence-electron chi connectivity index (χ1n) is 26.2. The fourth-order valence-electron chi connectivity index (χ4n) is 7.99. The zero-order valence-corrected chi connectivity index (χ0v) is 40.4. The van der Waals surface area contributed by atoms with Gasteiger partial charge >= 0.3 is 17.9 Å². The van der Waals surface area contributed by atoms with Crippen LogP contribution < -0.4 is 0 Å². The molecule has 0 aromatic rings. The quantitative estimate of drug-likeness (QED) is 0.0345. The molecule has 0 bridgehead atoms. The van der Waals surface area contributed by atoms with Crippen LogP contribution in [0, 0.1) is 11.8 Å². The molecular weight excluding hydrogens is 733 g/mol. The second-order valence-electron chi connectivity index (χ2n) is 19.1. The second-order valence-corrected chi connectivity index (χ2v) is 19.1. The molecule has 0 aliphatic rings. The Labute approximate surface area is 368 Å². The summed E-state index contributed by atoms with van der Waals surface area (Å²) in [4.78, 5) is 37.9. The van der Waals surface area contributed by atoms with Gasteiger partial charge in [-0.1, -0.05) is 253 Å². The zero-order chi connectivity index (χ0) is 43.3. The molecule has 0 saturated carbocycles. The van der Waals surface area contributed by atoms with Gasteiger partial charge < -0.3 is 14.2 Å². The highest BCUT2D eigenvalue weighted by molar-refractivity contribution is 5.71. The minimum absolute atomic E-state index is 0.0643. The van der Waals surface area contributed by atoms with Crippen LogP contribution in [0.15, 0.2) is 0 Å². The molecule has 0 amide bonds. The van der Waals surface area contributed by atoms with E-state index >= 15 is 0 Å². The maximum absolute atomic E-state index is 12.8. The van der Waals surface area contributed by atoms with Crippen molar-refractivity contribution < 1.29 is 28.6 Å². The van der Waals surface area contributed by atoms with Crippen molar-refractivity contribution in [2.24, 2.45) is 11.8 Å². The summed E-state index contributed by atoms with van der Waals surface area (Å²) in [5.74, 6) is 0.751. The van der Waals surface area contributed by atoms with Crippen LogP contribution in [0.2, 0.25) is 0 Å². The largest absolute Gasteiger partial charge is 0.462 e. The summed E-state index contributed by atoms with van der Waals surface area (Å²) in [6.45, 7) is 11.3. The van der Waals surface area contributed by atoms with Crippen LogP contribution in [-0.2, 0) is 28.6 Å². The van der Waals surface area contributed by atoms with Crippen molar-refractivity contribution in [1.82, 2.24) is 0 Å². The molecule has 0 aromatic carbocycles. The van der Waals surface area contributed by atoms with Crippen molar-refractivity contribution in [2.75, 3.05) is 13.2 Å². The number of carbonyl (C=O) groups excluding carboxylic acids is 3. The van der Waals surface area contributed by atoms with Gasteiger partial charge in [-0.2, -0.15) is 0 Å². The maximum Gasteiger partial charge on any atom is 0.306 e. The normalized spacial score (nSPS) is 12.1. The lowest BCUT2D eigenvalue weighted by Crippen LogP contribution is -2.30. The molecule has 350 valence electrons. The highest BCUT2D eigenvalue weighted by Gasteiger charge is 2.19. The van der Waals surface area contributed by atoms with E-state index in [0.717, 1.165) is 69.6 Å². The van der Waals surface area contributed by atoms with E-state index in [1.807, 2.05) is 0 Å². The third kappa shape index (κ3) is 47.3. The van der Waals surface area contributed by atoms with Gasteiger partial charge in [-0.3, -0.25) is 14.4 Å². The summed E-state index contributed by atoms with van der Waals surface area (Å²) in [6, 6.07) is 0. The number of rotatable bonds is 47. The fraction of sp³-hybridized carbons (Fsp3) is 0.943. The highest BCUT2D eigenvalue weighted by Crippen LogP contribution is 2.17. The Balaban J connectivity index is 4.25. The molecule has 6 heteroatoms. The topological polar surface area (TPSA) is 78.9 Å². The van der Waals surface area contributed by atoms with Crippen molar-refractivity contribution in [3.8, 4) is 0 Å². The minimum atomic E-state index is -0.762. The lowest BCUT2D eigenvalue weighted by Gasteiger charge is -2.18. The molecule has 0 radical (unpaired) electrons. The van der Waals surface area contributed by atoms with Gasteiger partial charge in [0.25, 0.3) is 0 Å². The van der Waals surface area contributed by atoms with Gasteiger partial charge in [-0.05, 0) is 31.1 Å². The first-order chi connectivity index (χ1) is 28.7. The average molecular weight is 835 g/mol. The van der Waals surface area contributed by atoms with Gasteiger partial charge in [0.05, 0.1) is 0 Å². The van der Waals surface area contributed by atoms with Gasteiger partial charge in [0, 0.05) is 19.3 Å². The van der Waals surface area contributed by atoms with Crippen molar-refractivity contribution >= 4 is 17.9 Å². The Morgan fingerprint density at radius 1 is 0.322 bits per heavy atom. The molecule has 0 aliphatic heterocycles. The molecule has 6 nitrogen and oxygen atoms in total. The lowest BCUT2D eigenvalue weighted by atomic mass is 10.0. The van der Waals surface area contributed by atoms with E-state index < -0.39 is 6.10 Å². The summed E-state index contributed by atoms with van der Waals surface area (Å²) in [5, 5.41) is 0. The van der Waals surface area contributed by atoms with Crippen molar-refractivity contribution in [1.29, 1.82) is 0 Å². The molecule has 0 heterocycles. The monoisotopic (exact) mass is 835 g/mol. The third-order valence-electron chi connectivity index (χ3n) is 12.0. The third-order valence-corrected chi connectivity index (χ3v) is 12.0. The maximum atomic E-state index is 12.8. The number of esters is 3. The number of carbonyl (C=O) groups is 3. The number of hydrogen-bond donors (Lipinski definition) is 0.